The second-order valence-corrected chi connectivity index (χ2v) is 3.95. The van der Waals surface area contributed by atoms with Crippen molar-refractivity contribution in [1.29, 1.82) is 0 Å². The van der Waals surface area contributed by atoms with Gasteiger partial charge in [0.25, 0.3) is 0 Å². The van der Waals surface area contributed by atoms with Gasteiger partial charge in [0.2, 0.25) is 0 Å². The van der Waals surface area contributed by atoms with Crippen LogP contribution in [0.15, 0.2) is 36.3 Å². The van der Waals surface area contributed by atoms with E-state index in [0.717, 1.165) is 5.82 Å². The van der Waals surface area contributed by atoms with Crippen LogP contribution in [0.2, 0.25) is 0 Å². The third kappa shape index (κ3) is 2.66. The molecule has 0 spiro atoms. The molecule has 1 heterocycles. The van der Waals surface area contributed by atoms with Gasteiger partial charge >= 0.3 is 0 Å². The van der Waals surface area contributed by atoms with E-state index in [1.54, 1.807) is 0 Å². The highest BCUT2D eigenvalue weighted by Gasteiger charge is 2.13. The molecule has 14 heavy (non-hydrogen) atoms. The first-order valence-corrected chi connectivity index (χ1v) is 5.52. The molecule has 0 bridgehead atoms. The standard InChI is InChI=1S/C12H18N2/c1-3-7-11(8-4-1)14-12-9-5-2-6-10-13-12/h2,5-6,9-11,13-14H,1,3-4,7-8H2. The lowest BCUT2D eigenvalue weighted by atomic mass is 9.95. The summed E-state index contributed by atoms with van der Waals surface area (Å²) in [5, 5.41) is 6.78. The van der Waals surface area contributed by atoms with Gasteiger partial charge in [-0.2, -0.15) is 0 Å². The van der Waals surface area contributed by atoms with Crippen LogP contribution in [0.5, 0.6) is 0 Å². The Balaban J connectivity index is 1.86. The number of rotatable bonds is 2. The second kappa shape index (κ2) is 4.89. The van der Waals surface area contributed by atoms with E-state index >= 15 is 0 Å². The van der Waals surface area contributed by atoms with E-state index in [1.807, 2.05) is 18.4 Å². The van der Waals surface area contributed by atoms with Crippen molar-refractivity contribution < 1.29 is 0 Å². The SMILES string of the molecule is C1=CC=C(NC2CCCCC2)NC=C1. The van der Waals surface area contributed by atoms with Gasteiger partial charge in [0.05, 0.1) is 0 Å². The highest BCUT2D eigenvalue weighted by molar-refractivity contribution is 5.20. The molecule has 0 atom stereocenters. The van der Waals surface area contributed by atoms with Crippen molar-refractivity contribution in [3.8, 4) is 0 Å². The maximum Gasteiger partial charge on any atom is 0.103 e. The molecule has 1 aliphatic carbocycles. The minimum atomic E-state index is 0.669. The van der Waals surface area contributed by atoms with Crippen LogP contribution in [0.4, 0.5) is 0 Å². The first kappa shape index (κ1) is 9.38. The summed E-state index contributed by atoms with van der Waals surface area (Å²) in [5.41, 5.74) is 0. The van der Waals surface area contributed by atoms with E-state index in [1.165, 1.54) is 32.1 Å². The molecule has 2 heteroatoms. The molecule has 1 saturated carbocycles. The Morgan fingerprint density at radius 3 is 2.79 bits per heavy atom. The van der Waals surface area contributed by atoms with Gasteiger partial charge in [-0.15, -0.1) is 0 Å². The van der Waals surface area contributed by atoms with Crippen molar-refractivity contribution in [3.05, 3.63) is 36.3 Å². The maximum absolute atomic E-state index is 3.55. The van der Waals surface area contributed by atoms with E-state index in [2.05, 4.69) is 22.8 Å². The summed E-state index contributed by atoms with van der Waals surface area (Å²) >= 11 is 0. The topological polar surface area (TPSA) is 24.1 Å². The van der Waals surface area contributed by atoms with Crippen molar-refractivity contribution in [2.24, 2.45) is 0 Å². The summed E-state index contributed by atoms with van der Waals surface area (Å²) in [5.74, 6) is 1.13. The third-order valence-corrected chi connectivity index (χ3v) is 2.78. The Morgan fingerprint density at radius 2 is 1.93 bits per heavy atom. The zero-order valence-corrected chi connectivity index (χ0v) is 8.50. The maximum atomic E-state index is 3.55. The molecular weight excluding hydrogens is 172 g/mol. The Kier molecular flexibility index (Phi) is 3.28. The van der Waals surface area contributed by atoms with Gasteiger partial charge in [-0.1, -0.05) is 31.4 Å². The third-order valence-electron chi connectivity index (χ3n) is 2.78. The fourth-order valence-corrected chi connectivity index (χ4v) is 2.01. The predicted molar refractivity (Wildman–Crippen MR) is 59.5 cm³/mol. The quantitative estimate of drug-likeness (QED) is 0.698. The summed E-state index contributed by atoms with van der Waals surface area (Å²) in [6.45, 7) is 0. The van der Waals surface area contributed by atoms with Crippen LogP contribution in [-0.2, 0) is 0 Å². The zero-order chi connectivity index (χ0) is 9.64. The largest absolute Gasteiger partial charge is 0.369 e. The molecule has 0 aromatic rings. The van der Waals surface area contributed by atoms with Gasteiger partial charge < -0.3 is 10.6 Å². The lowest BCUT2D eigenvalue weighted by molar-refractivity contribution is 0.392. The molecule has 0 aromatic heterocycles. The van der Waals surface area contributed by atoms with Crippen molar-refractivity contribution in [2.45, 2.75) is 38.1 Å². The molecule has 2 nitrogen and oxygen atoms in total. The number of allylic oxidation sites excluding steroid dienone is 4. The predicted octanol–water partition coefficient (Wildman–Crippen LogP) is 2.42. The minimum Gasteiger partial charge on any atom is -0.369 e. The average molecular weight is 190 g/mol. The van der Waals surface area contributed by atoms with E-state index < -0.39 is 0 Å². The second-order valence-electron chi connectivity index (χ2n) is 3.95. The lowest BCUT2D eigenvalue weighted by Crippen LogP contribution is -2.34. The Bertz CT molecular complexity index is 257. The van der Waals surface area contributed by atoms with Crippen molar-refractivity contribution in [2.75, 3.05) is 0 Å². The molecule has 76 valence electrons. The van der Waals surface area contributed by atoms with Crippen molar-refractivity contribution >= 4 is 0 Å². The molecular formula is C12H18N2. The molecule has 0 unspecified atom stereocenters. The van der Waals surface area contributed by atoms with E-state index in [4.69, 9.17) is 0 Å². The first-order valence-electron chi connectivity index (χ1n) is 5.52. The van der Waals surface area contributed by atoms with E-state index in [-0.39, 0.29) is 0 Å². The van der Waals surface area contributed by atoms with Gasteiger partial charge in [-0.3, -0.25) is 0 Å². The van der Waals surface area contributed by atoms with Gasteiger partial charge in [0, 0.05) is 12.2 Å². The minimum absolute atomic E-state index is 0.669. The van der Waals surface area contributed by atoms with Crippen LogP contribution in [0.1, 0.15) is 32.1 Å². The zero-order valence-electron chi connectivity index (χ0n) is 8.50. The fourth-order valence-electron chi connectivity index (χ4n) is 2.01. The molecule has 2 aliphatic rings. The van der Waals surface area contributed by atoms with Crippen LogP contribution in [0, 0.1) is 0 Å². The van der Waals surface area contributed by atoms with Crippen molar-refractivity contribution in [1.82, 2.24) is 10.6 Å². The smallest absolute Gasteiger partial charge is 0.103 e. The first-order chi connectivity index (χ1) is 6.95. The van der Waals surface area contributed by atoms with E-state index in [0.29, 0.717) is 6.04 Å². The molecule has 2 rings (SSSR count). The molecule has 0 aromatic carbocycles. The lowest BCUT2D eigenvalue weighted by Gasteiger charge is -2.24. The molecule has 0 amide bonds. The highest BCUT2D eigenvalue weighted by Crippen LogP contribution is 2.18. The average Bonchev–Trinajstić information content (AvgIpc) is 2.48. The molecule has 2 N–H and O–H groups in total. The van der Waals surface area contributed by atoms with Crippen molar-refractivity contribution in [3.63, 3.8) is 0 Å². The summed E-state index contributed by atoms with van der Waals surface area (Å²) in [4.78, 5) is 0. The summed E-state index contributed by atoms with van der Waals surface area (Å²) < 4.78 is 0. The van der Waals surface area contributed by atoms with Gasteiger partial charge in [-0.25, -0.2) is 0 Å². The van der Waals surface area contributed by atoms with Crippen LogP contribution in [0.25, 0.3) is 0 Å². The highest BCUT2D eigenvalue weighted by atomic mass is 15.1. The monoisotopic (exact) mass is 190 g/mol. The molecule has 0 saturated heterocycles. The molecule has 1 fully saturated rings. The number of hydrogen-bond donors (Lipinski definition) is 2. The number of hydrogen-bond acceptors (Lipinski definition) is 2. The van der Waals surface area contributed by atoms with Gasteiger partial charge in [-0.05, 0) is 25.0 Å². The molecule has 1 aliphatic heterocycles. The van der Waals surface area contributed by atoms with Gasteiger partial charge in [0.15, 0.2) is 0 Å². The fraction of sp³-hybridized carbons (Fsp3) is 0.500. The normalized spacial score (nSPS) is 22.4. The molecule has 0 radical (unpaired) electrons. The van der Waals surface area contributed by atoms with Crippen LogP contribution >= 0.6 is 0 Å². The van der Waals surface area contributed by atoms with E-state index in [9.17, 15) is 0 Å². The summed E-state index contributed by atoms with van der Waals surface area (Å²) in [6, 6.07) is 0.669. The summed E-state index contributed by atoms with van der Waals surface area (Å²) in [6.07, 6.45) is 16.9. The van der Waals surface area contributed by atoms with Crippen LogP contribution < -0.4 is 10.6 Å². The number of nitrogens with one attached hydrogen (secondary N) is 2. The summed E-state index contributed by atoms with van der Waals surface area (Å²) in [7, 11) is 0. The Morgan fingerprint density at radius 1 is 1.07 bits per heavy atom. The van der Waals surface area contributed by atoms with Gasteiger partial charge in [0.1, 0.15) is 5.82 Å². The van der Waals surface area contributed by atoms with Crippen LogP contribution in [0.3, 0.4) is 0 Å². The van der Waals surface area contributed by atoms with Crippen LogP contribution in [-0.4, -0.2) is 6.04 Å². The Labute approximate surface area is 85.8 Å². The Hall–Kier alpha value is -1.18.